The zero-order valence-electron chi connectivity index (χ0n) is 17.8. The van der Waals surface area contributed by atoms with Crippen molar-refractivity contribution in [1.82, 2.24) is 19.6 Å². The van der Waals surface area contributed by atoms with Gasteiger partial charge in [0.1, 0.15) is 10.9 Å². The molecular formula is C22H29N6O3+. The Kier molecular flexibility index (Phi) is 6.43. The van der Waals surface area contributed by atoms with Crippen molar-refractivity contribution in [3.8, 4) is 0 Å². The number of pyridine rings is 2. The van der Waals surface area contributed by atoms with Crippen molar-refractivity contribution >= 4 is 28.4 Å². The first-order chi connectivity index (χ1) is 15.1. The Hall–Kier alpha value is -3.04. The topological polar surface area (TPSA) is 106 Å². The summed E-state index contributed by atoms with van der Waals surface area (Å²) in [7, 11) is 1.59. The van der Waals surface area contributed by atoms with Gasteiger partial charge in [-0.2, -0.15) is 0 Å². The monoisotopic (exact) mass is 425 g/mol. The fourth-order valence-electron chi connectivity index (χ4n) is 4.10. The Labute approximate surface area is 180 Å². The van der Waals surface area contributed by atoms with E-state index in [1.165, 1.54) is 23.7 Å². The highest BCUT2D eigenvalue weighted by Gasteiger charge is 2.24. The van der Waals surface area contributed by atoms with Gasteiger partial charge in [0.15, 0.2) is 0 Å². The van der Waals surface area contributed by atoms with E-state index < -0.39 is 0 Å². The molecule has 0 radical (unpaired) electrons. The molecule has 164 valence electrons. The molecule has 4 heterocycles. The first-order valence-corrected chi connectivity index (χ1v) is 10.7. The van der Waals surface area contributed by atoms with Crippen molar-refractivity contribution in [2.24, 2.45) is 0 Å². The fourth-order valence-corrected chi connectivity index (χ4v) is 4.10. The molecule has 0 aliphatic carbocycles. The number of carbonyl (C=O) groups excluding carboxylic acids is 1. The number of rotatable bonds is 7. The molecular weight excluding hydrogens is 396 g/mol. The number of nitrogen functional groups attached to an aromatic ring is 1. The minimum Gasteiger partial charge on any atom is -0.381 e. The van der Waals surface area contributed by atoms with Crippen LogP contribution in [-0.2, 0) is 11.3 Å². The molecule has 0 bridgehead atoms. The predicted molar refractivity (Wildman–Crippen MR) is 118 cm³/mol. The maximum atomic E-state index is 13.1. The molecule has 0 spiro atoms. The molecule has 4 rings (SSSR count). The van der Waals surface area contributed by atoms with Gasteiger partial charge < -0.3 is 20.7 Å². The smallest absolute Gasteiger partial charge is 0.278 e. The van der Waals surface area contributed by atoms with Crippen LogP contribution in [0.1, 0.15) is 29.6 Å². The number of methoxy groups -OCH3 is 1. The number of amides is 1. The summed E-state index contributed by atoms with van der Waals surface area (Å²) in [5.41, 5.74) is 7.38. The SMILES string of the molecule is COCC[n+]1c(N)c(C(=O)NCCN2CCCCC2)cc2c(=O)n3ccccc3nc21. The summed E-state index contributed by atoms with van der Waals surface area (Å²) in [6.07, 6.45) is 5.35. The number of nitrogens with zero attached hydrogens (tertiary/aromatic N) is 4. The molecule has 3 aromatic heterocycles. The fraction of sp³-hybridized carbons (Fsp3) is 0.455. The molecule has 3 N–H and O–H groups in total. The molecule has 1 aliphatic rings. The Balaban J connectivity index is 1.69. The van der Waals surface area contributed by atoms with E-state index in [9.17, 15) is 9.59 Å². The molecule has 9 nitrogen and oxygen atoms in total. The summed E-state index contributed by atoms with van der Waals surface area (Å²) in [4.78, 5) is 33.1. The van der Waals surface area contributed by atoms with Crippen LogP contribution in [0.4, 0.5) is 5.82 Å². The molecule has 1 amide bonds. The van der Waals surface area contributed by atoms with Crippen LogP contribution in [0, 0.1) is 0 Å². The minimum atomic E-state index is -0.292. The van der Waals surface area contributed by atoms with Crippen LogP contribution in [0.25, 0.3) is 16.7 Å². The lowest BCUT2D eigenvalue weighted by atomic mass is 10.1. The van der Waals surface area contributed by atoms with Gasteiger partial charge in [0, 0.05) is 26.4 Å². The molecule has 9 heteroatoms. The highest BCUT2D eigenvalue weighted by Crippen LogP contribution is 2.15. The lowest BCUT2D eigenvalue weighted by Crippen LogP contribution is -2.44. The number of likely N-dealkylation sites (tertiary alicyclic amines) is 1. The van der Waals surface area contributed by atoms with Crippen molar-refractivity contribution in [3.63, 3.8) is 0 Å². The molecule has 0 aromatic carbocycles. The number of fused-ring (bicyclic) bond motifs is 2. The average Bonchev–Trinajstić information content (AvgIpc) is 2.79. The number of anilines is 1. The number of hydrogen-bond acceptors (Lipinski definition) is 6. The Morgan fingerprint density at radius 1 is 1.29 bits per heavy atom. The van der Waals surface area contributed by atoms with E-state index in [0.29, 0.717) is 36.4 Å². The van der Waals surface area contributed by atoms with E-state index in [2.05, 4.69) is 15.2 Å². The van der Waals surface area contributed by atoms with Crippen LogP contribution in [0.5, 0.6) is 0 Å². The summed E-state index contributed by atoms with van der Waals surface area (Å²) >= 11 is 0. The second-order valence-corrected chi connectivity index (χ2v) is 7.83. The minimum absolute atomic E-state index is 0.242. The summed E-state index contributed by atoms with van der Waals surface area (Å²) in [5.74, 6) is -0.0210. The van der Waals surface area contributed by atoms with Crippen LogP contribution in [0.3, 0.4) is 0 Å². The van der Waals surface area contributed by atoms with Gasteiger partial charge >= 0.3 is 0 Å². The number of aromatic nitrogens is 3. The predicted octanol–water partition coefficient (Wildman–Crippen LogP) is 0.580. The van der Waals surface area contributed by atoms with E-state index in [0.717, 1.165) is 19.6 Å². The highest BCUT2D eigenvalue weighted by atomic mass is 16.5. The average molecular weight is 426 g/mol. The third-order valence-corrected chi connectivity index (χ3v) is 5.79. The van der Waals surface area contributed by atoms with Crippen molar-refractivity contribution in [2.45, 2.75) is 25.8 Å². The number of nitrogens with one attached hydrogen (secondary N) is 1. The molecule has 0 atom stereocenters. The normalized spacial score (nSPS) is 14.9. The Morgan fingerprint density at radius 2 is 2.10 bits per heavy atom. The van der Waals surface area contributed by atoms with Gasteiger partial charge in [-0.25, -0.2) is 4.57 Å². The summed E-state index contributed by atoms with van der Waals surface area (Å²) < 4.78 is 8.36. The van der Waals surface area contributed by atoms with Gasteiger partial charge in [0.05, 0.1) is 13.2 Å². The van der Waals surface area contributed by atoms with Gasteiger partial charge in [-0.15, -0.1) is 0 Å². The number of ether oxygens (including phenoxy) is 1. The molecule has 0 saturated carbocycles. The highest BCUT2D eigenvalue weighted by molar-refractivity contribution is 6.00. The van der Waals surface area contributed by atoms with E-state index in [1.54, 1.807) is 36.1 Å². The standard InChI is InChI=1S/C22H28N6O3/c1-31-14-13-28-19(23)16(21(29)24-8-12-26-9-4-2-5-10-26)15-17-20(28)25-18-7-3-6-11-27(18)22(17)30/h3,6-7,11,15,23H,2,4-5,8-10,12-14H2,1H3,(H,24,29)/p+1. The van der Waals surface area contributed by atoms with Crippen molar-refractivity contribution in [3.05, 3.63) is 46.4 Å². The maximum absolute atomic E-state index is 13.1. The van der Waals surface area contributed by atoms with Gasteiger partial charge in [0.25, 0.3) is 17.1 Å². The first-order valence-electron chi connectivity index (χ1n) is 10.7. The van der Waals surface area contributed by atoms with E-state index in [1.807, 2.05) is 6.07 Å². The van der Waals surface area contributed by atoms with E-state index in [4.69, 9.17) is 10.5 Å². The lowest BCUT2D eigenvalue weighted by molar-refractivity contribution is -0.660. The number of hydrogen-bond donors (Lipinski definition) is 2. The van der Waals surface area contributed by atoms with Crippen molar-refractivity contribution < 1.29 is 14.1 Å². The molecule has 1 fully saturated rings. The second kappa shape index (κ2) is 9.40. The second-order valence-electron chi connectivity index (χ2n) is 7.83. The van der Waals surface area contributed by atoms with E-state index in [-0.39, 0.29) is 22.8 Å². The maximum Gasteiger partial charge on any atom is 0.278 e. The van der Waals surface area contributed by atoms with Gasteiger partial charge in [0.2, 0.25) is 11.5 Å². The number of carbonyl (C=O) groups is 1. The Bertz CT molecular complexity index is 1150. The third-order valence-electron chi connectivity index (χ3n) is 5.79. The van der Waals surface area contributed by atoms with Crippen molar-refractivity contribution in [1.29, 1.82) is 0 Å². The van der Waals surface area contributed by atoms with Crippen LogP contribution in [0.2, 0.25) is 0 Å². The van der Waals surface area contributed by atoms with Gasteiger partial charge in [-0.1, -0.05) is 17.5 Å². The number of nitrogens with two attached hydrogens (primary N) is 1. The van der Waals surface area contributed by atoms with E-state index >= 15 is 0 Å². The quantitative estimate of drug-likeness (QED) is 0.424. The Morgan fingerprint density at radius 3 is 2.87 bits per heavy atom. The summed E-state index contributed by atoms with van der Waals surface area (Å²) in [6.45, 7) is 4.23. The van der Waals surface area contributed by atoms with Crippen LogP contribution >= 0.6 is 0 Å². The molecule has 1 aliphatic heterocycles. The van der Waals surface area contributed by atoms with Crippen molar-refractivity contribution in [2.75, 3.05) is 45.6 Å². The molecule has 3 aromatic rings. The first kappa shape index (κ1) is 21.2. The largest absolute Gasteiger partial charge is 0.381 e. The van der Waals surface area contributed by atoms with Gasteiger partial charge in [-0.05, 0) is 44.1 Å². The van der Waals surface area contributed by atoms with Crippen LogP contribution in [0.15, 0.2) is 35.3 Å². The number of piperidine rings is 1. The lowest BCUT2D eigenvalue weighted by Gasteiger charge is -2.26. The summed E-state index contributed by atoms with van der Waals surface area (Å²) in [6, 6.07) is 6.91. The zero-order chi connectivity index (χ0) is 21.8. The van der Waals surface area contributed by atoms with Crippen LogP contribution < -0.4 is 21.2 Å². The molecule has 0 unspecified atom stereocenters. The molecule has 31 heavy (non-hydrogen) atoms. The summed E-state index contributed by atoms with van der Waals surface area (Å²) in [5, 5.41) is 3.30. The van der Waals surface area contributed by atoms with Crippen LogP contribution in [-0.4, -0.2) is 60.1 Å². The third kappa shape index (κ3) is 4.38. The van der Waals surface area contributed by atoms with Gasteiger partial charge in [-0.3, -0.25) is 14.0 Å². The molecule has 1 saturated heterocycles. The zero-order valence-corrected chi connectivity index (χ0v) is 17.8.